The number of rotatable bonds is 3. The molecule has 0 N–H and O–H groups in total. The average molecular weight is 281 g/mol. The fourth-order valence-corrected chi connectivity index (χ4v) is 2.41. The van der Waals surface area contributed by atoms with Crippen molar-refractivity contribution in [2.45, 2.75) is 6.92 Å². The van der Waals surface area contributed by atoms with Crippen LogP contribution in [0.25, 0.3) is 21.7 Å². The van der Waals surface area contributed by atoms with Gasteiger partial charge >= 0.3 is 5.97 Å². The predicted molar refractivity (Wildman–Crippen MR) is 81.8 cm³/mol. The number of nitrogens with zero attached hydrogens (tertiary/aromatic N) is 1. The molecule has 0 atom stereocenters. The summed E-state index contributed by atoms with van der Waals surface area (Å²) in [6.45, 7) is 2.11. The van der Waals surface area contributed by atoms with Gasteiger partial charge in [-0.05, 0) is 36.6 Å². The zero-order valence-electron chi connectivity index (χ0n) is 11.9. The number of fused-ring (bicyclic) bond motifs is 3. The van der Waals surface area contributed by atoms with Crippen LogP contribution < -0.4 is 4.74 Å². The number of ether oxygens (including phenoxy) is 2. The summed E-state index contributed by atoms with van der Waals surface area (Å²) in [5.41, 5.74) is 1.11. The Bertz CT molecular complexity index is 827. The second-order valence-electron chi connectivity index (χ2n) is 4.61. The first kappa shape index (κ1) is 13.4. The molecule has 1 heterocycles. The minimum atomic E-state index is -0.404. The van der Waals surface area contributed by atoms with Crippen LogP contribution in [0.15, 0.2) is 42.5 Å². The van der Waals surface area contributed by atoms with Crippen LogP contribution >= 0.6 is 0 Å². The van der Waals surface area contributed by atoms with Gasteiger partial charge in [0.25, 0.3) is 0 Å². The van der Waals surface area contributed by atoms with Crippen LogP contribution in [0, 0.1) is 0 Å². The molecule has 0 saturated carbocycles. The lowest BCUT2D eigenvalue weighted by atomic mass is 10.0. The molecule has 0 fully saturated rings. The molecule has 0 aliphatic carbocycles. The highest BCUT2D eigenvalue weighted by Crippen LogP contribution is 2.29. The Labute approximate surface area is 122 Å². The molecule has 0 radical (unpaired) electrons. The maximum atomic E-state index is 12.1. The van der Waals surface area contributed by atoms with Gasteiger partial charge in [-0.25, -0.2) is 9.78 Å². The summed E-state index contributed by atoms with van der Waals surface area (Å²) in [6.07, 6.45) is 0. The minimum Gasteiger partial charge on any atom is -0.497 e. The molecule has 21 heavy (non-hydrogen) atoms. The summed E-state index contributed by atoms with van der Waals surface area (Å²) >= 11 is 0. The summed E-state index contributed by atoms with van der Waals surface area (Å²) in [5, 5.41) is 2.69. The number of aromatic nitrogens is 1. The van der Waals surface area contributed by atoms with Gasteiger partial charge in [-0.2, -0.15) is 0 Å². The highest BCUT2D eigenvalue weighted by atomic mass is 16.5. The first-order chi connectivity index (χ1) is 10.2. The quantitative estimate of drug-likeness (QED) is 0.544. The van der Waals surface area contributed by atoms with E-state index in [0.29, 0.717) is 12.3 Å². The monoisotopic (exact) mass is 281 g/mol. The summed E-state index contributed by atoms with van der Waals surface area (Å²) in [7, 11) is 1.62. The van der Waals surface area contributed by atoms with Gasteiger partial charge in [0, 0.05) is 10.8 Å². The topological polar surface area (TPSA) is 48.4 Å². The lowest BCUT2D eigenvalue weighted by molar-refractivity contribution is 0.0522. The van der Waals surface area contributed by atoms with E-state index in [-0.39, 0.29) is 0 Å². The minimum absolute atomic E-state index is 0.324. The summed E-state index contributed by atoms with van der Waals surface area (Å²) in [4.78, 5) is 16.6. The third-order valence-corrected chi connectivity index (χ3v) is 3.38. The van der Waals surface area contributed by atoms with E-state index in [1.807, 2.05) is 42.5 Å². The molecule has 4 nitrogen and oxygen atoms in total. The Hall–Kier alpha value is -2.62. The fourth-order valence-electron chi connectivity index (χ4n) is 2.41. The second-order valence-corrected chi connectivity index (χ2v) is 4.61. The number of esters is 1. The first-order valence-corrected chi connectivity index (χ1v) is 6.78. The number of hydrogen-bond acceptors (Lipinski definition) is 4. The van der Waals surface area contributed by atoms with Gasteiger partial charge in [-0.3, -0.25) is 0 Å². The van der Waals surface area contributed by atoms with Gasteiger partial charge in [-0.15, -0.1) is 0 Å². The smallest absolute Gasteiger partial charge is 0.357 e. The van der Waals surface area contributed by atoms with Crippen molar-refractivity contribution < 1.29 is 14.3 Å². The van der Waals surface area contributed by atoms with Crippen molar-refractivity contribution >= 4 is 27.6 Å². The zero-order chi connectivity index (χ0) is 14.8. The van der Waals surface area contributed by atoms with E-state index in [1.54, 1.807) is 14.0 Å². The van der Waals surface area contributed by atoms with Gasteiger partial charge in [0.2, 0.25) is 0 Å². The summed E-state index contributed by atoms with van der Waals surface area (Å²) < 4.78 is 10.4. The zero-order valence-corrected chi connectivity index (χ0v) is 11.9. The third kappa shape index (κ3) is 2.29. The molecule has 0 aliphatic heterocycles. The number of carbonyl (C=O) groups excluding carboxylic acids is 1. The summed E-state index contributed by atoms with van der Waals surface area (Å²) in [6, 6.07) is 13.3. The molecule has 3 rings (SSSR count). The van der Waals surface area contributed by atoms with E-state index < -0.39 is 5.97 Å². The fraction of sp³-hybridized carbons (Fsp3) is 0.176. The summed E-state index contributed by atoms with van der Waals surface area (Å²) in [5.74, 6) is 0.340. The molecule has 106 valence electrons. The number of hydrogen-bond donors (Lipinski definition) is 0. The van der Waals surface area contributed by atoms with Crippen molar-refractivity contribution in [3.8, 4) is 5.75 Å². The third-order valence-electron chi connectivity index (χ3n) is 3.38. The van der Waals surface area contributed by atoms with E-state index in [2.05, 4.69) is 4.98 Å². The first-order valence-electron chi connectivity index (χ1n) is 6.78. The van der Waals surface area contributed by atoms with Crippen LogP contribution in [0.3, 0.4) is 0 Å². The molecular formula is C17H15NO3. The van der Waals surface area contributed by atoms with Crippen LogP contribution in [0.2, 0.25) is 0 Å². The Balaban J connectivity index is 2.38. The van der Waals surface area contributed by atoms with Gasteiger partial charge < -0.3 is 9.47 Å². The van der Waals surface area contributed by atoms with Gasteiger partial charge in [0.15, 0.2) is 5.69 Å². The molecule has 3 aromatic rings. The molecule has 1 aromatic heterocycles. The molecule has 0 bridgehead atoms. The van der Waals surface area contributed by atoms with E-state index >= 15 is 0 Å². The Morgan fingerprint density at radius 1 is 1.10 bits per heavy atom. The van der Waals surface area contributed by atoms with Crippen molar-refractivity contribution in [3.05, 3.63) is 48.2 Å². The number of pyridine rings is 1. The second kappa shape index (κ2) is 5.40. The van der Waals surface area contributed by atoms with Crippen molar-refractivity contribution in [2.75, 3.05) is 13.7 Å². The molecular weight excluding hydrogens is 266 g/mol. The molecule has 0 unspecified atom stereocenters. The largest absolute Gasteiger partial charge is 0.497 e. The lowest BCUT2D eigenvalue weighted by Gasteiger charge is -2.10. The molecule has 4 heteroatoms. The highest BCUT2D eigenvalue weighted by Gasteiger charge is 2.16. The molecule has 0 saturated heterocycles. The highest BCUT2D eigenvalue weighted by molar-refractivity contribution is 6.13. The van der Waals surface area contributed by atoms with E-state index in [1.165, 1.54) is 0 Å². The van der Waals surface area contributed by atoms with Crippen LogP contribution in [-0.4, -0.2) is 24.7 Å². The Morgan fingerprint density at radius 2 is 1.90 bits per heavy atom. The SMILES string of the molecule is CCOC(=O)c1nc2ccccc2c2cc(OC)ccc12. The van der Waals surface area contributed by atoms with Gasteiger partial charge in [0.1, 0.15) is 5.75 Å². The average Bonchev–Trinajstić information content (AvgIpc) is 2.53. The van der Waals surface area contributed by atoms with Gasteiger partial charge in [-0.1, -0.05) is 18.2 Å². The van der Waals surface area contributed by atoms with Crippen molar-refractivity contribution in [3.63, 3.8) is 0 Å². The molecule has 0 amide bonds. The maximum Gasteiger partial charge on any atom is 0.357 e. The van der Waals surface area contributed by atoms with Crippen LogP contribution in [0.1, 0.15) is 17.4 Å². The number of benzene rings is 2. The van der Waals surface area contributed by atoms with Crippen molar-refractivity contribution in [2.24, 2.45) is 0 Å². The molecule has 0 spiro atoms. The van der Waals surface area contributed by atoms with Gasteiger partial charge in [0.05, 0.1) is 19.2 Å². The Kier molecular flexibility index (Phi) is 3.44. The van der Waals surface area contributed by atoms with Crippen LogP contribution in [0.4, 0.5) is 0 Å². The number of methoxy groups -OCH3 is 1. The number of para-hydroxylation sites is 1. The Morgan fingerprint density at radius 3 is 2.67 bits per heavy atom. The van der Waals surface area contributed by atoms with E-state index in [4.69, 9.17) is 9.47 Å². The lowest BCUT2D eigenvalue weighted by Crippen LogP contribution is -2.08. The standard InChI is InChI=1S/C17H15NO3/c1-3-21-17(19)16-13-9-8-11(20-2)10-14(13)12-6-4-5-7-15(12)18-16/h4-10H,3H2,1-2H3. The van der Waals surface area contributed by atoms with Crippen LogP contribution in [0.5, 0.6) is 5.75 Å². The number of carbonyl (C=O) groups is 1. The van der Waals surface area contributed by atoms with E-state index in [9.17, 15) is 4.79 Å². The predicted octanol–water partition coefficient (Wildman–Crippen LogP) is 3.57. The molecule has 0 aliphatic rings. The molecule has 2 aromatic carbocycles. The van der Waals surface area contributed by atoms with E-state index in [0.717, 1.165) is 27.4 Å². The van der Waals surface area contributed by atoms with Crippen LogP contribution in [-0.2, 0) is 4.74 Å². The van der Waals surface area contributed by atoms with Crippen molar-refractivity contribution in [1.29, 1.82) is 0 Å². The normalized spacial score (nSPS) is 10.8. The maximum absolute atomic E-state index is 12.1. The van der Waals surface area contributed by atoms with Crippen molar-refractivity contribution in [1.82, 2.24) is 4.98 Å².